The average Bonchev–Trinajstić information content (AvgIpc) is 3.10. The van der Waals surface area contributed by atoms with E-state index < -0.39 is 0 Å². The van der Waals surface area contributed by atoms with E-state index in [2.05, 4.69) is 64.8 Å². The molecule has 0 unspecified atom stereocenters. The third kappa shape index (κ3) is 3.28. The number of anilines is 1. The lowest BCUT2D eigenvalue weighted by atomic mass is 10.2. The van der Waals surface area contributed by atoms with Gasteiger partial charge in [-0.05, 0) is 44.0 Å². The van der Waals surface area contributed by atoms with Gasteiger partial charge in [-0.3, -0.25) is 0 Å². The Morgan fingerprint density at radius 2 is 1.44 bits per heavy atom. The van der Waals surface area contributed by atoms with Crippen LogP contribution in [0.1, 0.15) is 0 Å². The number of benzene rings is 1. The van der Waals surface area contributed by atoms with E-state index in [9.17, 15) is 0 Å². The fraction of sp³-hybridized carbons (Fsp3) is 0.500. The molecular formula is C12H12Br3NO2. The highest BCUT2D eigenvalue weighted by Gasteiger charge is 2.32. The molecule has 0 aromatic heterocycles. The highest BCUT2D eigenvalue weighted by molar-refractivity contribution is 9.11. The zero-order chi connectivity index (χ0) is 12.7. The molecule has 2 aliphatic rings. The summed E-state index contributed by atoms with van der Waals surface area (Å²) in [5, 5.41) is 0. The Morgan fingerprint density at radius 3 is 1.83 bits per heavy atom. The number of rotatable bonds is 5. The van der Waals surface area contributed by atoms with Crippen LogP contribution in [0.4, 0.5) is 5.69 Å². The van der Waals surface area contributed by atoms with E-state index in [0.717, 1.165) is 39.7 Å². The zero-order valence-corrected chi connectivity index (χ0v) is 14.3. The second-order valence-corrected chi connectivity index (χ2v) is 7.16. The molecule has 0 aliphatic carbocycles. The van der Waals surface area contributed by atoms with Gasteiger partial charge in [-0.2, -0.15) is 0 Å². The van der Waals surface area contributed by atoms with Gasteiger partial charge >= 0.3 is 0 Å². The van der Waals surface area contributed by atoms with Crippen molar-refractivity contribution in [3.05, 3.63) is 25.6 Å². The quantitative estimate of drug-likeness (QED) is 0.654. The van der Waals surface area contributed by atoms with Crippen LogP contribution in [0.5, 0.6) is 0 Å². The Bertz CT molecular complexity index is 424. The smallest absolute Gasteiger partial charge is 0.0984 e. The minimum absolute atomic E-state index is 0.367. The van der Waals surface area contributed by atoms with Crippen molar-refractivity contribution in [2.24, 2.45) is 0 Å². The standard InChI is InChI=1S/C12H12Br3NO2/c13-7-1-10(14)12(11(15)2-7)16(3-8-5-17-8)4-9-6-18-9/h1-2,8-9H,3-6H2/t8-,9+. The topological polar surface area (TPSA) is 28.3 Å². The van der Waals surface area contributed by atoms with Crippen molar-refractivity contribution in [1.29, 1.82) is 0 Å². The summed E-state index contributed by atoms with van der Waals surface area (Å²) >= 11 is 10.8. The number of halogens is 3. The summed E-state index contributed by atoms with van der Waals surface area (Å²) in [5.74, 6) is 0. The molecule has 2 fully saturated rings. The number of ether oxygens (including phenoxy) is 2. The maximum atomic E-state index is 5.34. The Morgan fingerprint density at radius 1 is 1.00 bits per heavy atom. The summed E-state index contributed by atoms with van der Waals surface area (Å²) < 4.78 is 13.9. The van der Waals surface area contributed by atoms with Gasteiger partial charge < -0.3 is 14.4 Å². The molecule has 2 saturated heterocycles. The highest BCUT2D eigenvalue weighted by atomic mass is 79.9. The Labute approximate surface area is 131 Å². The summed E-state index contributed by atoms with van der Waals surface area (Å²) in [5.41, 5.74) is 1.17. The molecule has 18 heavy (non-hydrogen) atoms. The maximum Gasteiger partial charge on any atom is 0.0984 e. The average molecular weight is 442 g/mol. The van der Waals surface area contributed by atoms with Crippen molar-refractivity contribution in [2.75, 3.05) is 31.2 Å². The van der Waals surface area contributed by atoms with Crippen molar-refractivity contribution in [3.8, 4) is 0 Å². The summed E-state index contributed by atoms with van der Waals surface area (Å²) in [6.07, 6.45) is 0.734. The van der Waals surface area contributed by atoms with Crippen LogP contribution in [0.25, 0.3) is 0 Å². The van der Waals surface area contributed by atoms with Gasteiger partial charge in [0.25, 0.3) is 0 Å². The van der Waals surface area contributed by atoms with Gasteiger partial charge in [-0.25, -0.2) is 0 Å². The fourth-order valence-corrected chi connectivity index (χ4v) is 4.69. The largest absolute Gasteiger partial charge is 0.371 e. The van der Waals surface area contributed by atoms with E-state index in [0.29, 0.717) is 12.2 Å². The third-order valence-corrected chi connectivity index (χ3v) is 4.62. The van der Waals surface area contributed by atoms with Crippen LogP contribution in [-0.2, 0) is 9.47 Å². The molecule has 6 heteroatoms. The summed E-state index contributed by atoms with van der Waals surface area (Å²) in [6, 6.07) is 4.13. The van der Waals surface area contributed by atoms with Gasteiger partial charge in [0.1, 0.15) is 0 Å². The molecule has 2 heterocycles. The molecular weight excluding hydrogens is 430 g/mol. The van der Waals surface area contributed by atoms with Crippen LogP contribution in [0.2, 0.25) is 0 Å². The second kappa shape index (κ2) is 5.40. The number of nitrogens with zero attached hydrogens (tertiary/aromatic N) is 1. The van der Waals surface area contributed by atoms with Crippen molar-refractivity contribution in [1.82, 2.24) is 0 Å². The van der Waals surface area contributed by atoms with Crippen LogP contribution >= 0.6 is 47.8 Å². The number of hydrogen-bond donors (Lipinski definition) is 0. The van der Waals surface area contributed by atoms with E-state index >= 15 is 0 Å². The monoisotopic (exact) mass is 439 g/mol. The van der Waals surface area contributed by atoms with Crippen molar-refractivity contribution >= 4 is 53.5 Å². The highest BCUT2D eigenvalue weighted by Crippen LogP contribution is 2.38. The molecule has 2 aliphatic heterocycles. The Balaban J connectivity index is 1.86. The van der Waals surface area contributed by atoms with E-state index in [-0.39, 0.29) is 0 Å². The number of hydrogen-bond acceptors (Lipinski definition) is 3. The number of epoxide rings is 2. The first-order chi connectivity index (χ1) is 8.63. The minimum atomic E-state index is 0.367. The van der Waals surface area contributed by atoms with Gasteiger partial charge in [0.05, 0.1) is 31.1 Å². The molecule has 0 amide bonds. The maximum absolute atomic E-state index is 5.34. The molecule has 0 radical (unpaired) electrons. The van der Waals surface area contributed by atoms with Gasteiger partial charge in [0.2, 0.25) is 0 Å². The first-order valence-electron chi connectivity index (χ1n) is 5.76. The molecule has 0 spiro atoms. The van der Waals surface area contributed by atoms with Gasteiger partial charge in [-0.15, -0.1) is 0 Å². The first kappa shape index (κ1) is 13.4. The van der Waals surface area contributed by atoms with Crippen LogP contribution < -0.4 is 4.90 Å². The van der Waals surface area contributed by atoms with Crippen molar-refractivity contribution in [3.63, 3.8) is 0 Å². The minimum Gasteiger partial charge on any atom is -0.371 e. The predicted molar refractivity (Wildman–Crippen MR) is 81.2 cm³/mol. The molecule has 0 N–H and O–H groups in total. The predicted octanol–water partition coefficient (Wildman–Crippen LogP) is 3.58. The van der Waals surface area contributed by atoms with E-state index in [1.807, 2.05) is 0 Å². The SMILES string of the molecule is Brc1cc(Br)c(N(C[C@H]2CO2)C[C@@H]2CO2)c(Br)c1. The normalized spacial score (nSPS) is 25.1. The van der Waals surface area contributed by atoms with Crippen LogP contribution in [0, 0.1) is 0 Å². The van der Waals surface area contributed by atoms with Crippen LogP contribution in [0.3, 0.4) is 0 Å². The van der Waals surface area contributed by atoms with Crippen molar-refractivity contribution < 1.29 is 9.47 Å². The van der Waals surface area contributed by atoms with Crippen LogP contribution in [0.15, 0.2) is 25.6 Å². The first-order valence-corrected chi connectivity index (χ1v) is 8.14. The summed E-state index contributed by atoms with van der Waals surface area (Å²) in [4.78, 5) is 2.33. The molecule has 3 nitrogen and oxygen atoms in total. The van der Waals surface area contributed by atoms with Gasteiger partial charge in [0, 0.05) is 26.5 Å². The molecule has 3 rings (SSSR count). The molecule has 2 atom stereocenters. The fourth-order valence-electron chi connectivity index (χ4n) is 1.93. The van der Waals surface area contributed by atoms with Crippen LogP contribution in [-0.4, -0.2) is 38.5 Å². The van der Waals surface area contributed by atoms with Crippen molar-refractivity contribution in [2.45, 2.75) is 12.2 Å². The molecule has 1 aromatic rings. The van der Waals surface area contributed by atoms with E-state index in [4.69, 9.17) is 9.47 Å². The summed E-state index contributed by atoms with van der Waals surface area (Å²) in [6.45, 7) is 3.57. The zero-order valence-electron chi connectivity index (χ0n) is 9.54. The summed E-state index contributed by atoms with van der Waals surface area (Å²) in [7, 11) is 0. The van der Waals surface area contributed by atoms with Gasteiger partial charge in [0.15, 0.2) is 0 Å². The molecule has 1 aromatic carbocycles. The van der Waals surface area contributed by atoms with E-state index in [1.54, 1.807) is 0 Å². The lowest BCUT2D eigenvalue weighted by Crippen LogP contribution is -2.32. The van der Waals surface area contributed by atoms with E-state index in [1.165, 1.54) is 5.69 Å². The molecule has 98 valence electrons. The van der Waals surface area contributed by atoms with Gasteiger partial charge in [-0.1, -0.05) is 15.9 Å². The second-order valence-electron chi connectivity index (χ2n) is 4.53. The molecule has 0 bridgehead atoms. The Hall–Kier alpha value is 0.380. The molecule has 0 saturated carbocycles. The lowest BCUT2D eigenvalue weighted by molar-refractivity contribution is 0.389. The third-order valence-electron chi connectivity index (χ3n) is 2.95. The lowest BCUT2D eigenvalue weighted by Gasteiger charge is -2.26. The Kier molecular flexibility index (Phi) is 4.01.